The maximum atomic E-state index is 15.0. The third-order valence-electron chi connectivity index (χ3n) is 5.42. The first kappa shape index (κ1) is 24.1. The Morgan fingerprint density at radius 1 is 1.20 bits per heavy atom. The Morgan fingerprint density at radius 3 is 2.63 bits per heavy atom. The van der Waals surface area contributed by atoms with Crippen LogP contribution in [-0.4, -0.2) is 41.5 Å². The number of esters is 1. The molecule has 1 aliphatic rings. The number of carbonyl (C=O) groups is 3. The molecule has 1 unspecified atom stereocenters. The molecule has 4 rings (SSSR count). The molecule has 0 bridgehead atoms. The average Bonchev–Trinajstić information content (AvgIpc) is 3.35. The van der Waals surface area contributed by atoms with E-state index >= 15 is 0 Å². The van der Waals surface area contributed by atoms with Crippen LogP contribution >= 0.6 is 11.3 Å². The van der Waals surface area contributed by atoms with E-state index in [0.29, 0.717) is 12.4 Å². The van der Waals surface area contributed by atoms with Gasteiger partial charge in [0.25, 0.3) is 5.78 Å². The number of ketones is 1. The Kier molecular flexibility index (Phi) is 6.65. The highest BCUT2D eigenvalue weighted by atomic mass is 32.1. The monoisotopic (exact) mass is 496 g/mol. The second-order valence-electron chi connectivity index (χ2n) is 7.55. The van der Waals surface area contributed by atoms with Crippen molar-refractivity contribution in [3.63, 3.8) is 0 Å². The van der Waals surface area contributed by atoms with E-state index in [-0.39, 0.29) is 32.4 Å². The van der Waals surface area contributed by atoms with E-state index in [1.165, 1.54) is 31.4 Å². The normalized spacial score (nSPS) is 17.0. The van der Waals surface area contributed by atoms with Crippen molar-refractivity contribution in [2.45, 2.75) is 19.9 Å². The fourth-order valence-corrected chi connectivity index (χ4v) is 4.86. The van der Waals surface area contributed by atoms with Crippen LogP contribution < -0.4 is 9.64 Å². The zero-order chi connectivity index (χ0) is 25.3. The summed E-state index contributed by atoms with van der Waals surface area (Å²) in [5.74, 6) is -3.39. The number of nitrogens with zero attached hydrogens (tertiary/aromatic N) is 2. The fourth-order valence-electron chi connectivity index (χ4n) is 3.84. The van der Waals surface area contributed by atoms with Gasteiger partial charge in [-0.25, -0.2) is 14.2 Å². The van der Waals surface area contributed by atoms with Gasteiger partial charge < -0.3 is 14.6 Å². The SMILES string of the molecule is CCOc1cccc(/C(O)=C2\C(=O)C(=O)N(c3nc(C)c(C(=O)OC)s3)C2c2ccccc2F)c1. The number of aryl methyl sites for hydroxylation is 1. The highest BCUT2D eigenvalue weighted by molar-refractivity contribution is 7.17. The predicted octanol–water partition coefficient (Wildman–Crippen LogP) is 4.40. The van der Waals surface area contributed by atoms with Crippen LogP contribution in [0.25, 0.3) is 5.76 Å². The van der Waals surface area contributed by atoms with Crippen molar-refractivity contribution in [2.24, 2.45) is 0 Å². The van der Waals surface area contributed by atoms with Crippen molar-refractivity contribution in [1.29, 1.82) is 0 Å². The number of methoxy groups -OCH3 is 1. The molecule has 1 aromatic heterocycles. The molecule has 1 N–H and O–H groups in total. The Balaban J connectivity index is 1.94. The van der Waals surface area contributed by atoms with Crippen LogP contribution in [0.1, 0.15) is 39.5 Å². The van der Waals surface area contributed by atoms with Gasteiger partial charge in [-0.2, -0.15) is 0 Å². The van der Waals surface area contributed by atoms with Gasteiger partial charge in [-0.15, -0.1) is 0 Å². The largest absolute Gasteiger partial charge is 0.507 e. The summed E-state index contributed by atoms with van der Waals surface area (Å²) in [6.07, 6.45) is 0. The summed E-state index contributed by atoms with van der Waals surface area (Å²) in [4.78, 5) is 44.0. The third-order valence-corrected chi connectivity index (χ3v) is 6.56. The first-order valence-electron chi connectivity index (χ1n) is 10.6. The van der Waals surface area contributed by atoms with Gasteiger partial charge in [-0.1, -0.05) is 41.7 Å². The molecule has 2 heterocycles. The second kappa shape index (κ2) is 9.67. The van der Waals surface area contributed by atoms with Crippen molar-refractivity contribution in [2.75, 3.05) is 18.6 Å². The van der Waals surface area contributed by atoms with E-state index in [0.717, 1.165) is 16.2 Å². The summed E-state index contributed by atoms with van der Waals surface area (Å²) >= 11 is 0.839. The first-order chi connectivity index (χ1) is 16.8. The number of halogens is 1. The van der Waals surface area contributed by atoms with Crippen LogP contribution in [0.3, 0.4) is 0 Å². The number of benzene rings is 2. The highest BCUT2D eigenvalue weighted by Crippen LogP contribution is 2.44. The lowest BCUT2D eigenvalue weighted by Crippen LogP contribution is -2.29. The van der Waals surface area contributed by atoms with E-state index in [4.69, 9.17) is 9.47 Å². The quantitative estimate of drug-likeness (QED) is 0.233. The Morgan fingerprint density at radius 2 is 1.94 bits per heavy atom. The Bertz CT molecular complexity index is 1370. The molecule has 2 aromatic carbocycles. The van der Waals surface area contributed by atoms with Crippen LogP contribution in [0, 0.1) is 12.7 Å². The second-order valence-corrected chi connectivity index (χ2v) is 8.53. The topological polar surface area (TPSA) is 106 Å². The molecule has 1 atom stereocenters. The summed E-state index contributed by atoms with van der Waals surface area (Å²) in [6, 6.07) is 10.7. The lowest BCUT2D eigenvalue weighted by molar-refractivity contribution is -0.132. The number of Topliss-reactive ketones (excluding diaryl/α,β-unsaturated/α-hetero) is 1. The molecule has 1 aliphatic heterocycles. The molecular formula is C25H21FN2O6S. The van der Waals surface area contributed by atoms with Crippen LogP contribution in [0.5, 0.6) is 5.75 Å². The standard InChI is InChI=1S/C25H21FN2O6S/c1-4-34-15-9-7-8-14(12-15)20(29)18-19(16-10-5-6-11-17(16)26)28(23(31)21(18)30)25-27-13(2)22(35-25)24(32)33-3/h5-12,19,29H,4H2,1-3H3/b20-18+. The number of ether oxygens (including phenoxy) is 2. The van der Waals surface area contributed by atoms with Gasteiger partial charge in [0.1, 0.15) is 28.2 Å². The minimum Gasteiger partial charge on any atom is -0.507 e. The number of aliphatic hydroxyl groups excluding tert-OH is 1. The number of anilines is 1. The van der Waals surface area contributed by atoms with Crippen molar-refractivity contribution in [3.05, 3.63) is 81.6 Å². The zero-order valence-corrected chi connectivity index (χ0v) is 19.9. The summed E-state index contributed by atoms with van der Waals surface area (Å²) in [5, 5.41) is 11.2. The van der Waals surface area contributed by atoms with Crippen LogP contribution in [0.4, 0.5) is 9.52 Å². The molecule has 10 heteroatoms. The van der Waals surface area contributed by atoms with Gasteiger partial charge in [0.05, 0.1) is 25.0 Å². The molecule has 1 amide bonds. The molecule has 1 fully saturated rings. The fraction of sp³-hybridized carbons (Fsp3) is 0.200. The molecule has 0 saturated carbocycles. The number of thiazole rings is 1. The molecule has 35 heavy (non-hydrogen) atoms. The lowest BCUT2D eigenvalue weighted by atomic mass is 9.95. The van der Waals surface area contributed by atoms with E-state index < -0.39 is 35.3 Å². The molecular weight excluding hydrogens is 475 g/mol. The number of aliphatic hydroxyl groups is 1. The highest BCUT2D eigenvalue weighted by Gasteiger charge is 2.49. The first-order valence-corrected chi connectivity index (χ1v) is 11.4. The smallest absolute Gasteiger partial charge is 0.350 e. The van der Waals surface area contributed by atoms with Crippen molar-refractivity contribution < 1.29 is 33.4 Å². The van der Waals surface area contributed by atoms with E-state index in [2.05, 4.69) is 4.98 Å². The van der Waals surface area contributed by atoms with Gasteiger partial charge in [-0.05, 0) is 32.0 Å². The third kappa shape index (κ3) is 4.28. The molecule has 0 aliphatic carbocycles. The number of hydrogen-bond acceptors (Lipinski definition) is 8. The summed E-state index contributed by atoms with van der Waals surface area (Å²) < 4.78 is 25.2. The molecule has 3 aromatic rings. The summed E-state index contributed by atoms with van der Waals surface area (Å²) in [5.41, 5.74) is 0.194. The van der Waals surface area contributed by atoms with Crippen molar-refractivity contribution in [3.8, 4) is 5.75 Å². The summed E-state index contributed by atoms with van der Waals surface area (Å²) in [6.45, 7) is 3.74. The van der Waals surface area contributed by atoms with Crippen molar-refractivity contribution in [1.82, 2.24) is 4.98 Å². The average molecular weight is 497 g/mol. The minimum atomic E-state index is -1.32. The number of rotatable bonds is 6. The van der Waals surface area contributed by atoms with Gasteiger partial charge >= 0.3 is 11.9 Å². The Labute approximate surface area is 204 Å². The number of hydrogen-bond donors (Lipinski definition) is 1. The van der Waals surface area contributed by atoms with Gasteiger partial charge in [0, 0.05) is 11.1 Å². The predicted molar refractivity (Wildman–Crippen MR) is 127 cm³/mol. The maximum Gasteiger partial charge on any atom is 0.350 e. The Hall–Kier alpha value is -4.05. The number of amides is 1. The number of aromatic nitrogens is 1. The minimum absolute atomic E-state index is 0.000343. The van der Waals surface area contributed by atoms with Crippen molar-refractivity contribution >= 4 is 39.9 Å². The van der Waals surface area contributed by atoms with E-state index in [1.54, 1.807) is 38.1 Å². The van der Waals surface area contributed by atoms with Gasteiger partial charge in [-0.3, -0.25) is 14.5 Å². The zero-order valence-electron chi connectivity index (χ0n) is 19.1. The maximum absolute atomic E-state index is 15.0. The van der Waals surface area contributed by atoms with E-state index in [9.17, 15) is 23.9 Å². The molecule has 0 radical (unpaired) electrons. The van der Waals surface area contributed by atoms with E-state index in [1.807, 2.05) is 0 Å². The molecule has 1 saturated heterocycles. The number of carbonyl (C=O) groups excluding carboxylic acids is 3. The van der Waals surface area contributed by atoms with Gasteiger partial charge in [0.15, 0.2) is 5.13 Å². The van der Waals surface area contributed by atoms with Crippen LogP contribution in [-0.2, 0) is 14.3 Å². The van der Waals surface area contributed by atoms with Crippen LogP contribution in [0.2, 0.25) is 0 Å². The molecule has 8 nitrogen and oxygen atoms in total. The lowest BCUT2D eigenvalue weighted by Gasteiger charge is -2.23. The van der Waals surface area contributed by atoms with Crippen LogP contribution in [0.15, 0.2) is 54.1 Å². The van der Waals surface area contributed by atoms with Gasteiger partial charge in [0.2, 0.25) is 0 Å². The summed E-state index contributed by atoms with van der Waals surface area (Å²) in [7, 11) is 1.21. The molecule has 180 valence electrons. The molecule has 0 spiro atoms.